The number of aromatic nitrogens is 1. The predicted molar refractivity (Wildman–Crippen MR) is 74.0 cm³/mol. The summed E-state index contributed by atoms with van der Waals surface area (Å²) in [6, 6.07) is 12.5. The van der Waals surface area contributed by atoms with Gasteiger partial charge in [0.25, 0.3) is 0 Å². The summed E-state index contributed by atoms with van der Waals surface area (Å²) in [7, 11) is 0. The second kappa shape index (κ2) is 4.38. The van der Waals surface area contributed by atoms with E-state index in [0.717, 1.165) is 15.3 Å². The average Bonchev–Trinajstić information content (AvgIpc) is 2.70. The highest BCUT2D eigenvalue weighted by Gasteiger charge is 2.04. The zero-order valence-electron chi connectivity index (χ0n) is 9.77. The number of benzene rings is 2. The molecule has 1 heterocycles. The maximum absolute atomic E-state index is 13.1. The first-order valence-corrected chi connectivity index (χ1v) is 6.42. The highest BCUT2D eigenvalue weighted by atomic mass is 32.1. The molecule has 0 saturated carbocycles. The second-order valence-electron chi connectivity index (χ2n) is 4.13. The largest absolute Gasteiger partial charge is 0.331 e. The topological polar surface area (TPSA) is 24.9 Å². The van der Waals surface area contributed by atoms with Gasteiger partial charge in [-0.15, -0.1) is 0 Å². The van der Waals surface area contributed by atoms with Crippen LogP contribution in [0.15, 0.2) is 42.5 Å². The number of hydrogen-bond donors (Lipinski definition) is 1. The fraction of sp³-hybridized carbons (Fsp3) is 0.0714. The molecular formula is C14H11FN2S. The Morgan fingerprint density at radius 3 is 2.89 bits per heavy atom. The van der Waals surface area contributed by atoms with E-state index in [4.69, 9.17) is 0 Å². The first kappa shape index (κ1) is 11.2. The van der Waals surface area contributed by atoms with Gasteiger partial charge in [0.15, 0.2) is 5.13 Å². The Bertz CT molecular complexity index is 706. The Labute approximate surface area is 108 Å². The lowest BCUT2D eigenvalue weighted by atomic mass is 10.2. The quantitative estimate of drug-likeness (QED) is 0.732. The second-order valence-corrected chi connectivity index (χ2v) is 5.16. The van der Waals surface area contributed by atoms with Crippen LogP contribution in [-0.2, 0) is 0 Å². The molecule has 0 radical (unpaired) electrons. The van der Waals surface area contributed by atoms with Gasteiger partial charge in [0, 0.05) is 5.69 Å². The van der Waals surface area contributed by atoms with Crippen molar-refractivity contribution < 1.29 is 4.39 Å². The van der Waals surface area contributed by atoms with Crippen molar-refractivity contribution >= 4 is 32.4 Å². The summed E-state index contributed by atoms with van der Waals surface area (Å²) >= 11 is 1.57. The van der Waals surface area contributed by atoms with Crippen LogP contribution in [0.3, 0.4) is 0 Å². The van der Waals surface area contributed by atoms with Crippen molar-refractivity contribution in [1.29, 1.82) is 0 Å². The molecule has 0 amide bonds. The van der Waals surface area contributed by atoms with Crippen molar-refractivity contribution in [1.82, 2.24) is 4.98 Å². The lowest BCUT2D eigenvalue weighted by molar-refractivity contribution is 0.628. The standard InChI is InChI=1S/C14H11FN2S/c1-9-5-6-12-13(7-9)18-14(17-12)16-11-4-2-3-10(15)8-11/h2-8H,1H3,(H,16,17). The number of fused-ring (bicyclic) bond motifs is 1. The maximum Gasteiger partial charge on any atom is 0.188 e. The van der Waals surface area contributed by atoms with Gasteiger partial charge in [0.2, 0.25) is 0 Å². The number of nitrogens with one attached hydrogen (secondary N) is 1. The SMILES string of the molecule is Cc1ccc2nc(Nc3cccc(F)c3)sc2c1. The molecule has 4 heteroatoms. The smallest absolute Gasteiger partial charge is 0.188 e. The van der Waals surface area contributed by atoms with Crippen molar-refractivity contribution in [2.24, 2.45) is 0 Å². The third-order valence-corrected chi connectivity index (χ3v) is 3.55. The van der Waals surface area contributed by atoms with Crippen LogP contribution in [0.2, 0.25) is 0 Å². The normalized spacial score (nSPS) is 10.8. The highest BCUT2D eigenvalue weighted by Crippen LogP contribution is 2.28. The number of aryl methyl sites for hydroxylation is 1. The molecule has 0 saturated heterocycles. The minimum Gasteiger partial charge on any atom is -0.331 e. The van der Waals surface area contributed by atoms with Crippen molar-refractivity contribution in [3.05, 3.63) is 53.8 Å². The minimum absolute atomic E-state index is 0.253. The molecule has 1 N–H and O–H groups in total. The molecule has 0 bridgehead atoms. The number of halogens is 1. The first-order valence-electron chi connectivity index (χ1n) is 5.60. The third-order valence-electron chi connectivity index (χ3n) is 2.62. The summed E-state index contributed by atoms with van der Waals surface area (Å²) in [5.74, 6) is -0.253. The van der Waals surface area contributed by atoms with E-state index in [2.05, 4.69) is 23.3 Å². The number of anilines is 2. The van der Waals surface area contributed by atoms with Crippen LogP contribution >= 0.6 is 11.3 Å². The van der Waals surface area contributed by atoms with E-state index in [1.54, 1.807) is 17.4 Å². The molecule has 0 spiro atoms. The molecule has 0 aliphatic rings. The number of rotatable bonds is 2. The van der Waals surface area contributed by atoms with E-state index in [1.165, 1.54) is 17.7 Å². The zero-order chi connectivity index (χ0) is 12.5. The van der Waals surface area contributed by atoms with Gasteiger partial charge in [0.1, 0.15) is 5.82 Å². The molecule has 0 unspecified atom stereocenters. The third kappa shape index (κ3) is 2.19. The van der Waals surface area contributed by atoms with E-state index in [-0.39, 0.29) is 5.82 Å². The molecule has 2 nitrogen and oxygen atoms in total. The number of hydrogen-bond acceptors (Lipinski definition) is 3. The van der Waals surface area contributed by atoms with Gasteiger partial charge >= 0.3 is 0 Å². The Morgan fingerprint density at radius 1 is 1.17 bits per heavy atom. The summed E-state index contributed by atoms with van der Waals surface area (Å²) in [5, 5.41) is 3.90. The molecule has 2 aromatic carbocycles. The van der Waals surface area contributed by atoms with Crippen LogP contribution < -0.4 is 5.32 Å². The van der Waals surface area contributed by atoms with Gasteiger partial charge in [0.05, 0.1) is 10.2 Å². The molecule has 0 aliphatic carbocycles. The van der Waals surface area contributed by atoms with Gasteiger partial charge in [-0.2, -0.15) is 0 Å². The van der Waals surface area contributed by atoms with E-state index >= 15 is 0 Å². The average molecular weight is 258 g/mol. The molecule has 3 aromatic rings. The Hall–Kier alpha value is -1.94. The fourth-order valence-electron chi connectivity index (χ4n) is 1.78. The number of thiazole rings is 1. The number of nitrogens with zero attached hydrogens (tertiary/aromatic N) is 1. The first-order chi connectivity index (χ1) is 8.70. The molecule has 18 heavy (non-hydrogen) atoms. The Morgan fingerprint density at radius 2 is 2.06 bits per heavy atom. The lowest BCUT2D eigenvalue weighted by Gasteiger charge is -2.01. The van der Waals surface area contributed by atoms with E-state index in [1.807, 2.05) is 18.2 Å². The summed E-state index contributed by atoms with van der Waals surface area (Å²) in [6.07, 6.45) is 0. The van der Waals surface area contributed by atoms with Gasteiger partial charge in [-0.25, -0.2) is 9.37 Å². The maximum atomic E-state index is 13.1. The van der Waals surface area contributed by atoms with E-state index < -0.39 is 0 Å². The molecule has 1 aromatic heterocycles. The van der Waals surface area contributed by atoms with Crippen molar-refractivity contribution in [2.75, 3.05) is 5.32 Å². The summed E-state index contributed by atoms with van der Waals surface area (Å²) < 4.78 is 14.2. The van der Waals surface area contributed by atoms with Crippen LogP contribution in [0.25, 0.3) is 10.2 Å². The molecule has 3 rings (SSSR count). The van der Waals surface area contributed by atoms with E-state index in [9.17, 15) is 4.39 Å². The summed E-state index contributed by atoms with van der Waals surface area (Å²) in [5.41, 5.74) is 2.89. The lowest BCUT2D eigenvalue weighted by Crippen LogP contribution is -1.89. The van der Waals surface area contributed by atoms with E-state index in [0.29, 0.717) is 5.69 Å². The van der Waals surface area contributed by atoms with Gasteiger partial charge in [-0.1, -0.05) is 23.5 Å². The van der Waals surface area contributed by atoms with Gasteiger partial charge < -0.3 is 5.32 Å². The summed E-state index contributed by atoms with van der Waals surface area (Å²) in [4.78, 5) is 4.46. The van der Waals surface area contributed by atoms with Crippen molar-refractivity contribution in [2.45, 2.75) is 6.92 Å². The van der Waals surface area contributed by atoms with Crippen molar-refractivity contribution in [3.63, 3.8) is 0 Å². The van der Waals surface area contributed by atoms with Gasteiger partial charge in [-0.3, -0.25) is 0 Å². The zero-order valence-corrected chi connectivity index (χ0v) is 10.6. The fourth-order valence-corrected chi connectivity index (χ4v) is 2.76. The highest BCUT2D eigenvalue weighted by molar-refractivity contribution is 7.22. The predicted octanol–water partition coefficient (Wildman–Crippen LogP) is 4.49. The van der Waals surface area contributed by atoms with Gasteiger partial charge in [-0.05, 0) is 42.8 Å². The van der Waals surface area contributed by atoms with Crippen LogP contribution in [-0.4, -0.2) is 4.98 Å². The molecule has 0 atom stereocenters. The van der Waals surface area contributed by atoms with Crippen LogP contribution in [0.4, 0.5) is 15.2 Å². The molecular weight excluding hydrogens is 247 g/mol. The Balaban J connectivity index is 1.95. The molecule has 90 valence electrons. The monoisotopic (exact) mass is 258 g/mol. The van der Waals surface area contributed by atoms with Crippen LogP contribution in [0.5, 0.6) is 0 Å². The summed E-state index contributed by atoms with van der Waals surface area (Å²) in [6.45, 7) is 2.05. The van der Waals surface area contributed by atoms with Crippen LogP contribution in [0, 0.1) is 12.7 Å². The molecule has 0 fully saturated rings. The van der Waals surface area contributed by atoms with Crippen LogP contribution in [0.1, 0.15) is 5.56 Å². The Kier molecular flexibility index (Phi) is 2.72. The molecule has 0 aliphatic heterocycles. The van der Waals surface area contributed by atoms with Crippen molar-refractivity contribution in [3.8, 4) is 0 Å². The minimum atomic E-state index is -0.253.